The van der Waals surface area contributed by atoms with Crippen molar-refractivity contribution in [2.24, 2.45) is 0 Å². The first-order chi connectivity index (χ1) is 9.47. The smallest absolute Gasteiger partial charge is 0.322 e. The number of carboxylic acid groups (broad SMARTS) is 1. The number of carbonyl (C=O) groups is 2. The SMILES string of the molecule is Cc1cccc(OCCN(C)CC(=O)NCC(=O)O)c1. The lowest BCUT2D eigenvalue weighted by atomic mass is 10.2. The molecule has 0 aromatic heterocycles. The number of amides is 1. The van der Waals surface area contributed by atoms with E-state index in [4.69, 9.17) is 9.84 Å². The van der Waals surface area contributed by atoms with Gasteiger partial charge in [-0.15, -0.1) is 0 Å². The summed E-state index contributed by atoms with van der Waals surface area (Å²) >= 11 is 0. The van der Waals surface area contributed by atoms with E-state index in [1.54, 1.807) is 11.9 Å². The van der Waals surface area contributed by atoms with Crippen LogP contribution in [-0.4, -0.2) is 55.2 Å². The maximum absolute atomic E-state index is 11.4. The van der Waals surface area contributed by atoms with Crippen molar-refractivity contribution in [1.82, 2.24) is 10.2 Å². The van der Waals surface area contributed by atoms with Crippen LogP contribution in [0.4, 0.5) is 0 Å². The Morgan fingerprint density at radius 3 is 2.80 bits per heavy atom. The Bertz CT molecular complexity index is 462. The summed E-state index contributed by atoms with van der Waals surface area (Å²) in [5.74, 6) is -0.567. The van der Waals surface area contributed by atoms with Crippen LogP contribution in [0.25, 0.3) is 0 Å². The fourth-order valence-corrected chi connectivity index (χ4v) is 1.58. The minimum Gasteiger partial charge on any atom is -0.492 e. The topological polar surface area (TPSA) is 78.9 Å². The standard InChI is InChI=1S/C14H20N2O4/c1-11-4-3-5-12(8-11)20-7-6-16(2)10-13(17)15-9-14(18)19/h3-5,8H,6-7,9-10H2,1-2H3,(H,15,17)(H,18,19). The second-order valence-electron chi connectivity index (χ2n) is 4.57. The molecule has 0 aliphatic heterocycles. The van der Waals surface area contributed by atoms with Crippen molar-refractivity contribution in [2.75, 3.05) is 33.3 Å². The number of rotatable bonds is 8. The van der Waals surface area contributed by atoms with Crippen LogP contribution in [0.5, 0.6) is 5.75 Å². The molecule has 0 spiro atoms. The third-order valence-corrected chi connectivity index (χ3v) is 2.58. The summed E-state index contributed by atoms with van der Waals surface area (Å²) in [6.07, 6.45) is 0. The molecule has 6 nitrogen and oxygen atoms in total. The normalized spacial score (nSPS) is 10.3. The van der Waals surface area contributed by atoms with Crippen LogP contribution in [0.2, 0.25) is 0 Å². The molecule has 20 heavy (non-hydrogen) atoms. The number of carbonyl (C=O) groups excluding carboxylic acids is 1. The molecule has 1 rings (SSSR count). The van der Waals surface area contributed by atoms with Crippen molar-refractivity contribution in [3.05, 3.63) is 29.8 Å². The fraction of sp³-hybridized carbons (Fsp3) is 0.429. The van der Waals surface area contributed by atoms with Crippen molar-refractivity contribution in [3.63, 3.8) is 0 Å². The highest BCUT2D eigenvalue weighted by molar-refractivity contribution is 5.82. The molecule has 0 aliphatic rings. The molecule has 0 radical (unpaired) electrons. The Labute approximate surface area is 118 Å². The number of benzene rings is 1. The minimum atomic E-state index is -1.05. The summed E-state index contributed by atoms with van der Waals surface area (Å²) in [6.45, 7) is 2.82. The van der Waals surface area contributed by atoms with Crippen molar-refractivity contribution in [2.45, 2.75) is 6.92 Å². The highest BCUT2D eigenvalue weighted by Gasteiger charge is 2.07. The van der Waals surface area contributed by atoms with Gasteiger partial charge < -0.3 is 15.2 Å². The Kier molecular flexibility index (Phi) is 6.52. The predicted molar refractivity (Wildman–Crippen MR) is 74.8 cm³/mol. The second kappa shape index (κ2) is 8.16. The van der Waals surface area contributed by atoms with Gasteiger partial charge in [0, 0.05) is 6.54 Å². The lowest BCUT2D eigenvalue weighted by Gasteiger charge is -2.16. The zero-order valence-electron chi connectivity index (χ0n) is 11.8. The molecule has 6 heteroatoms. The van der Waals surface area contributed by atoms with E-state index in [1.165, 1.54) is 0 Å². The molecule has 0 heterocycles. The Balaban J connectivity index is 2.21. The van der Waals surface area contributed by atoms with Crippen LogP contribution in [-0.2, 0) is 9.59 Å². The van der Waals surface area contributed by atoms with Gasteiger partial charge in [-0.25, -0.2) is 0 Å². The number of hydrogen-bond donors (Lipinski definition) is 2. The summed E-state index contributed by atoms with van der Waals surface area (Å²) in [6, 6.07) is 7.74. The summed E-state index contributed by atoms with van der Waals surface area (Å²) in [5.41, 5.74) is 1.13. The first-order valence-electron chi connectivity index (χ1n) is 6.34. The maximum atomic E-state index is 11.4. The second-order valence-corrected chi connectivity index (χ2v) is 4.57. The number of carboxylic acids is 1. The lowest BCUT2D eigenvalue weighted by Crippen LogP contribution is -2.38. The molecular formula is C14H20N2O4. The lowest BCUT2D eigenvalue weighted by molar-refractivity contribution is -0.138. The number of ether oxygens (including phenoxy) is 1. The van der Waals surface area contributed by atoms with Gasteiger partial charge in [-0.3, -0.25) is 14.5 Å². The van der Waals surface area contributed by atoms with E-state index >= 15 is 0 Å². The first kappa shape index (κ1) is 16.0. The van der Waals surface area contributed by atoms with Gasteiger partial charge in [0.1, 0.15) is 18.9 Å². The summed E-state index contributed by atoms with van der Waals surface area (Å²) in [4.78, 5) is 23.4. The summed E-state index contributed by atoms with van der Waals surface area (Å²) in [7, 11) is 1.78. The third-order valence-electron chi connectivity index (χ3n) is 2.58. The van der Waals surface area contributed by atoms with Crippen LogP contribution < -0.4 is 10.1 Å². The van der Waals surface area contributed by atoms with Gasteiger partial charge in [-0.1, -0.05) is 12.1 Å². The van der Waals surface area contributed by atoms with Gasteiger partial charge in [0.2, 0.25) is 5.91 Å². The van der Waals surface area contributed by atoms with E-state index in [1.807, 2.05) is 31.2 Å². The highest BCUT2D eigenvalue weighted by atomic mass is 16.5. The van der Waals surface area contributed by atoms with Crippen LogP contribution in [0.3, 0.4) is 0 Å². The number of nitrogens with one attached hydrogen (secondary N) is 1. The Morgan fingerprint density at radius 2 is 2.15 bits per heavy atom. The van der Waals surface area contributed by atoms with Crippen LogP contribution in [0.1, 0.15) is 5.56 Å². The molecule has 1 amide bonds. The van der Waals surface area contributed by atoms with E-state index in [0.29, 0.717) is 13.2 Å². The highest BCUT2D eigenvalue weighted by Crippen LogP contribution is 2.11. The van der Waals surface area contributed by atoms with Crippen LogP contribution in [0.15, 0.2) is 24.3 Å². The zero-order valence-corrected chi connectivity index (χ0v) is 11.8. The number of likely N-dealkylation sites (N-methyl/N-ethyl adjacent to an activating group) is 1. The molecule has 0 fully saturated rings. The molecule has 0 atom stereocenters. The van der Waals surface area contributed by atoms with E-state index in [-0.39, 0.29) is 19.0 Å². The summed E-state index contributed by atoms with van der Waals surface area (Å²) in [5, 5.41) is 10.7. The Morgan fingerprint density at radius 1 is 1.40 bits per heavy atom. The van der Waals surface area contributed by atoms with E-state index < -0.39 is 5.97 Å². The number of aliphatic carboxylic acids is 1. The quantitative estimate of drug-likeness (QED) is 0.725. The van der Waals surface area contributed by atoms with Gasteiger partial charge in [-0.2, -0.15) is 0 Å². The minimum absolute atomic E-state index is 0.143. The molecule has 2 N–H and O–H groups in total. The van der Waals surface area contributed by atoms with E-state index in [2.05, 4.69) is 5.32 Å². The third kappa shape index (κ3) is 6.75. The van der Waals surface area contributed by atoms with Gasteiger partial charge in [0.05, 0.1) is 6.54 Å². The number of nitrogens with zero attached hydrogens (tertiary/aromatic N) is 1. The van der Waals surface area contributed by atoms with Crippen molar-refractivity contribution in [1.29, 1.82) is 0 Å². The summed E-state index contributed by atoms with van der Waals surface area (Å²) < 4.78 is 5.57. The Hall–Kier alpha value is -2.08. The number of hydrogen-bond acceptors (Lipinski definition) is 4. The largest absolute Gasteiger partial charge is 0.492 e. The monoisotopic (exact) mass is 280 g/mol. The average molecular weight is 280 g/mol. The zero-order chi connectivity index (χ0) is 15.0. The molecule has 0 bridgehead atoms. The van der Waals surface area contributed by atoms with E-state index in [9.17, 15) is 9.59 Å². The van der Waals surface area contributed by atoms with Gasteiger partial charge >= 0.3 is 5.97 Å². The van der Waals surface area contributed by atoms with Crippen molar-refractivity contribution in [3.8, 4) is 5.75 Å². The van der Waals surface area contributed by atoms with E-state index in [0.717, 1.165) is 11.3 Å². The van der Waals surface area contributed by atoms with Crippen molar-refractivity contribution < 1.29 is 19.4 Å². The first-order valence-corrected chi connectivity index (χ1v) is 6.34. The molecule has 0 saturated carbocycles. The van der Waals surface area contributed by atoms with Gasteiger partial charge in [-0.05, 0) is 31.7 Å². The molecule has 0 unspecified atom stereocenters. The van der Waals surface area contributed by atoms with Crippen molar-refractivity contribution >= 4 is 11.9 Å². The maximum Gasteiger partial charge on any atom is 0.322 e. The van der Waals surface area contributed by atoms with Crippen LogP contribution in [0, 0.1) is 6.92 Å². The fourth-order valence-electron chi connectivity index (χ4n) is 1.58. The van der Waals surface area contributed by atoms with Gasteiger partial charge in [0.15, 0.2) is 0 Å². The van der Waals surface area contributed by atoms with Gasteiger partial charge in [0.25, 0.3) is 0 Å². The predicted octanol–water partition coefficient (Wildman–Crippen LogP) is 0.506. The molecule has 0 aliphatic carbocycles. The molecule has 0 saturated heterocycles. The molecule has 1 aromatic carbocycles. The van der Waals surface area contributed by atoms with Crippen LogP contribution >= 0.6 is 0 Å². The average Bonchev–Trinajstić information content (AvgIpc) is 2.36. The number of aryl methyl sites for hydroxylation is 1. The molecular weight excluding hydrogens is 260 g/mol. The molecule has 1 aromatic rings. The molecule has 110 valence electrons.